The number of allylic oxidation sites excluding steroid dienone is 1. The van der Waals surface area contributed by atoms with Crippen LogP contribution >= 0.6 is 0 Å². The van der Waals surface area contributed by atoms with Gasteiger partial charge in [-0.2, -0.15) is 0 Å². The predicted octanol–water partition coefficient (Wildman–Crippen LogP) is 3.84. The highest BCUT2D eigenvalue weighted by atomic mass is 16.5. The number of nitrogens with one attached hydrogen (secondary N) is 1. The minimum atomic E-state index is -0.434. The number of fused-ring (bicyclic) bond motifs is 1. The summed E-state index contributed by atoms with van der Waals surface area (Å²) in [5.74, 6) is 0.364. The van der Waals surface area contributed by atoms with Crippen LogP contribution in [-0.4, -0.2) is 82.8 Å². The van der Waals surface area contributed by atoms with E-state index in [9.17, 15) is 19.8 Å². The molecule has 11 heteroatoms. The van der Waals surface area contributed by atoms with Gasteiger partial charge in [0.2, 0.25) is 0 Å². The summed E-state index contributed by atoms with van der Waals surface area (Å²) in [4.78, 5) is 27.4. The molecule has 0 amide bonds. The summed E-state index contributed by atoms with van der Waals surface area (Å²) < 4.78 is 28.0. The molecule has 0 bridgehead atoms. The Kier molecular flexibility index (Phi) is 9.25. The maximum atomic E-state index is 13.8. The van der Waals surface area contributed by atoms with Crippen LogP contribution in [0.25, 0.3) is 49.2 Å². The summed E-state index contributed by atoms with van der Waals surface area (Å²) in [6.45, 7) is 4.87. The Labute approximate surface area is 270 Å². The van der Waals surface area contributed by atoms with E-state index in [1.54, 1.807) is 0 Å². The number of methoxy groups -OCH3 is 3. The van der Waals surface area contributed by atoms with Gasteiger partial charge in [-0.15, -0.1) is 0 Å². The molecule has 0 saturated carbocycles. The molecule has 0 radical (unpaired) electrons. The van der Waals surface area contributed by atoms with Gasteiger partial charge in [-0.25, -0.2) is 0 Å². The van der Waals surface area contributed by atoms with E-state index in [1.807, 2.05) is 13.0 Å². The Morgan fingerprint density at radius 1 is 0.723 bits per heavy atom. The molecular weight excluding hydrogens is 606 g/mol. The number of hydrogen-bond donors (Lipinski definition) is 4. The first-order chi connectivity index (χ1) is 22.8. The second-order valence-corrected chi connectivity index (χ2v) is 11.7. The van der Waals surface area contributed by atoms with Crippen LogP contribution in [0.3, 0.4) is 0 Å². The maximum Gasteiger partial charge on any atom is 0.194 e. The quantitative estimate of drug-likeness (QED) is 0.0746. The molecule has 1 aliphatic rings. The first-order valence-corrected chi connectivity index (χ1v) is 15.7. The normalized spacial score (nSPS) is 12.9. The first-order valence-electron chi connectivity index (χ1n) is 15.7. The molecule has 47 heavy (non-hydrogen) atoms. The number of aromatic hydroxyl groups is 2. The van der Waals surface area contributed by atoms with E-state index in [1.165, 1.54) is 33.5 Å². The largest absolute Gasteiger partial charge is 0.507 e. The van der Waals surface area contributed by atoms with E-state index < -0.39 is 5.43 Å². The van der Waals surface area contributed by atoms with Crippen LogP contribution in [-0.2, 0) is 22.3 Å². The van der Waals surface area contributed by atoms with Crippen LogP contribution in [0.1, 0.15) is 30.0 Å². The zero-order chi connectivity index (χ0) is 33.4. The van der Waals surface area contributed by atoms with Gasteiger partial charge in [0.15, 0.2) is 22.4 Å². The Morgan fingerprint density at radius 3 is 1.96 bits per heavy atom. The predicted molar refractivity (Wildman–Crippen MR) is 182 cm³/mol. The first kappa shape index (κ1) is 32.5. The third kappa shape index (κ3) is 5.33. The number of hydrogen-bond acceptors (Lipinski definition) is 11. The summed E-state index contributed by atoms with van der Waals surface area (Å²) >= 11 is 0. The topological polar surface area (TPSA) is 153 Å². The number of aliphatic hydroxyl groups excluding tert-OH is 1. The molecule has 0 heterocycles. The average Bonchev–Trinajstić information content (AvgIpc) is 3.20. The minimum absolute atomic E-state index is 0.0173. The summed E-state index contributed by atoms with van der Waals surface area (Å²) in [5, 5.41) is 39.2. The lowest BCUT2D eigenvalue weighted by atomic mass is 9.82. The molecule has 0 aliphatic heterocycles. The fraction of sp³-hybridized carbons (Fsp3) is 0.389. The third-order valence-electron chi connectivity index (χ3n) is 8.97. The van der Waals surface area contributed by atoms with E-state index >= 15 is 0 Å². The van der Waals surface area contributed by atoms with Crippen molar-refractivity contribution in [1.29, 1.82) is 0 Å². The van der Waals surface area contributed by atoms with E-state index in [-0.39, 0.29) is 58.2 Å². The number of benzene rings is 5. The van der Waals surface area contributed by atoms with Gasteiger partial charge < -0.3 is 44.3 Å². The van der Waals surface area contributed by atoms with Gasteiger partial charge in [-0.05, 0) is 49.2 Å². The van der Waals surface area contributed by atoms with Gasteiger partial charge in [0.25, 0.3) is 0 Å². The molecule has 5 aromatic rings. The number of ether oxygens (including phenoxy) is 5. The van der Waals surface area contributed by atoms with Crippen LogP contribution < -0.4 is 30.4 Å². The van der Waals surface area contributed by atoms with Crippen LogP contribution in [0.4, 0.5) is 0 Å². The Hall–Kier alpha value is -4.42. The molecule has 5 aromatic carbocycles. The average molecular weight is 646 g/mol. The maximum absolute atomic E-state index is 13.8. The molecular formula is C36H39NO10. The molecule has 0 unspecified atom stereocenters. The molecule has 4 N–H and O–H groups in total. The highest BCUT2D eigenvalue weighted by Gasteiger charge is 2.32. The number of phenols is 2. The molecule has 0 spiro atoms. The third-order valence-corrected chi connectivity index (χ3v) is 8.97. The van der Waals surface area contributed by atoms with Crippen LogP contribution in [0.15, 0.2) is 27.3 Å². The molecule has 0 saturated heterocycles. The van der Waals surface area contributed by atoms with Crippen molar-refractivity contribution in [1.82, 2.24) is 5.32 Å². The zero-order valence-electron chi connectivity index (χ0n) is 27.0. The molecule has 1 aliphatic carbocycles. The fourth-order valence-corrected chi connectivity index (χ4v) is 7.11. The van der Waals surface area contributed by atoms with Crippen molar-refractivity contribution >= 4 is 49.2 Å². The van der Waals surface area contributed by atoms with Crippen molar-refractivity contribution in [3.8, 4) is 28.7 Å². The van der Waals surface area contributed by atoms with Gasteiger partial charge in [-0.3, -0.25) is 9.59 Å². The lowest BCUT2D eigenvalue weighted by molar-refractivity contribution is 0.0340. The fourth-order valence-electron chi connectivity index (χ4n) is 7.11. The highest BCUT2D eigenvalue weighted by molar-refractivity contribution is 6.39. The van der Waals surface area contributed by atoms with Crippen molar-refractivity contribution in [2.45, 2.75) is 26.2 Å². The SMILES string of the molecule is COc1c(O)c2c(=O)cc(OC)c3c4c(OC)cc(=O)c5c(O)c(CCCNCCOCCOCCO)c6c(c(c1C=C(C)C6)c23)c54. The van der Waals surface area contributed by atoms with Gasteiger partial charge in [0.1, 0.15) is 17.2 Å². The molecule has 0 aromatic heterocycles. The number of aliphatic hydroxyl groups is 1. The molecule has 11 nitrogen and oxygen atoms in total. The van der Waals surface area contributed by atoms with Crippen molar-refractivity contribution in [2.24, 2.45) is 0 Å². The van der Waals surface area contributed by atoms with Gasteiger partial charge in [0, 0.05) is 51.2 Å². The van der Waals surface area contributed by atoms with Crippen molar-refractivity contribution in [3.63, 3.8) is 0 Å². The summed E-state index contributed by atoms with van der Waals surface area (Å²) in [6.07, 6.45) is 3.55. The van der Waals surface area contributed by atoms with Crippen molar-refractivity contribution in [3.05, 3.63) is 54.8 Å². The summed E-state index contributed by atoms with van der Waals surface area (Å²) in [7, 11) is 4.38. The van der Waals surface area contributed by atoms with Crippen molar-refractivity contribution in [2.75, 3.05) is 67.5 Å². The Morgan fingerprint density at radius 2 is 1.34 bits per heavy atom. The number of phenolic OH excluding ortho intramolecular Hbond substituents is 2. The summed E-state index contributed by atoms with van der Waals surface area (Å²) in [5.41, 5.74) is 2.22. The molecule has 6 rings (SSSR count). The second kappa shape index (κ2) is 13.4. The van der Waals surface area contributed by atoms with Crippen LogP contribution in [0.5, 0.6) is 28.7 Å². The Balaban J connectivity index is 1.56. The van der Waals surface area contributed by atoms with Crippen LogP contribution in [0.2, 0.25) is 0 Å². The summed E-state index contributed by atoms with van der Waals surface area (Å²) in [6, 6.07) is 2.68. The zero-order valence-corrected chi connectivity index (χ0v) is 27.0. The van der Waals surface area contributed by atoms with E-state index in [4.69, 9.17) is 28.8 Å². The molecule has 0 fully saturated rings. The van der Waals surface area contributed by atoms with Crippen molar-refractivity contribution < 1.29 is 39.0 Å². The smallest absolute Gasteiger partial charge is 0.194 e. The lowest BCUT2D eigenvalue weighted by Crippen LogP contribution is -2.22. The highest BCUT2D eigenvalue weighted by Crippen LogP contribution is 2.55. The lowest BCUT2D eigenvalue weighted by Gasteiger charge is -2.24. The van der Waals surface area contributed by atoms with E-state index in [0.717, 1.165) is 16.5 Å². The van der Waals surface area contributed by atoms with Gasteiger partial charge in [0.05, 0.1) is 65.1 Å². The monoisotopic (exact) mass is 645 g/mol. The standard InChI is InChI=1S/C36H39NO10/c1-18-14-20-19(6-5-7-37-8-10-46-12-13-47-11-9-38)34(41)28-22(39)16-24(43-2)30-31-25(44-3)17-23(40)29-33(31)27(26(20)32(28)30)21(15-18)36(45-4)35(29)42/h15-17,37-38,41-42H,5-14H2,1-4H3. The second-order valence-electron chi connectivity index (χ2n) is 11.7. The number of rotatable bonds is 15. The van der Waals surface area contributed by atoms with Gasteiger partial charge in [-0.1, -0.05) is 11.6 Å². The van der Waals surface area contributed by atoms with Gasteiger partial charge >= 0.3 is 0 Å². The minimum Gasteiger partial charge on any atom is -0.507 e. The molecule has 0 atom stereocenters. The Bertz CT molecular complexity index is 2120. The van der Waals surface area contributed by atoms with Crippen LogP contribution in [0, 0.1) is 0 Å². The molecule has 248 valence electrons. The van der Waals surface area contributed by atoms with E-state index in [0.29, 0.717) is 90.2 Å². The van der Waals surface area contributed by atoms with E-state index in [2.05, 4.69) is 5.32 Å².